The third-order valence-electron chi connectivity index (χ3n) is 4.16. The van der Waals surface area contributed by atoms with Crippen LogP contribution in [0.2, 0.25) is 0 Å². The number of rotatable bonds is 4. The van der Waals surface area contributed by atoms with Crippen LogP contribution in [0.3, 0.4) is 0 Å². The molecule has 0 aromatic carbocycles. The van der Waals surface area contributed by atoms with Gasteiger partial charge in [0.25, 0.3) is 15.2 Å². The van der Waals surface area contributed by atoms with Gasteiger partial charge in [-0.15, -0.1) is 10.2 Å². The number of nitrogens with zero attached hydrogens (tertiary/aromatic N) is 3. The van der Waals surface area contributed by atoms with Crippen molar-refractivity contribution < 1.29 is 8.42 Å². The number of aromatic nitrogens is 3. The fourth-order valence-electron chi connectivity index (χ4n) is 3.27. The van der Waals surface area contributed by atoms with E-state index in [1.807, 2.05) is 13.8 Å². The number of primary sulfonamides is 1. The van der Waals surface area contributed by atoms with Crippen LogP contribution in [-0.2, 0) is 16.6 Å². The Morgan fingerprint density at radius 2 is 1.89 bits per heavy atom. The molecule has 2 fully saturated rings. The molecule has 2 unspecified atom stereocenters. The largest absolute Gasteiger partial charge is 0.300 e. The molecule has 0 saturated heterocycles. The first-order valence-corrected chi connectivity index (χ1v) is 8.36. The Balaban J connectivity index is 1.97. The van der Waals surface area contributed by atoms with Gasteiger partial charge >= 0.3 is 0 Å². The second kappa shape index (κ2) is 4.28. The molecule has 2 atom stereocenters. The molecule has 3 rings (SSSR count). The van der Waals surface area contributed by atoms with Gasteiger partial charge in [-0.1, -0.05) is 13.8 Å². The van der Waals surface area contributed by atoms with Crippen molar-refractivity contribution in [2.45, 2.75) is 50.7 Å². The minimum absolute atomic E-state index is 0.0863. The highest BCUT2D eigenvalue weighted by molar-refractivity contribution is 7.89. The van der Waals surface area contributed by atoms with Gasteiger partial charge in [-0.25, -0.2) is 13.6 Å². The molecule has 7 heteroatoms. The van der Waals surface area contributed by atoms with Crippen molar-refractivity contribution in [3.05, 3.63) is 5.82 Å². The lowest BCUT2D eigenvalue weighted by Gasteiger charge is -2.16. The zero-order valence-electron chi connectivity index (χ0n) is 11.3. The van der Waals surface area contributed by atoms with E-state index in [-0.39, 0.29) is 5.16 Å². The molecule has 2 aliphatic rings. The van der Waals surface area contributed by atoms with Gasteiger partial charge < -0.3 is 4.57 Å². The molecule has 0 aliphatic heterocycles. The number of hydrogen-bond donors (Lipinski definition) is 1. The summed E-state index contributed by atoms with van der Waals surface area (Å²) in [5.74, 6) is 3.14. The predicted octanol–water partition coefficient (Wildman–Crippen LogP) is 1.10. The maximum absolute atomic E-state index is 11.6. The van der Waals surface area contributed by atoms with Gasteiger partial charge in [0.1, 0.15) is 5.82 Å². The molecule has 1 heterocycles. The Hall–Kier alpha value is -0.950. The van der Waals surface area contributed by atoms with E-state index < -0.39 is 10.0 Å². The van der Waals surface area contributed by atoms with Crippen LogP contribution in [0.1, 0.15) is 44.9 Å². The van der Waals surface area contributed by atoms with Crippen LogP contribution in [0.4, 0.5) is 0 Å². The Bertz CT molecular complexity index is 583. The van der Waals surface area contributed by atoms with E-state index in [1.165, 1.54) is 6.42 Å². The lowest BCUT2D eigenvalue weighted by molar-refractivity contribution is 0.448. The van der Waals surface area contributed by atoms with Crippen molar-refractivity contribution >= 4 is 10.0 Å². The molecule has 0 radical (unpaired) electrons. The van der Waals surface area contributed by atoms with Crippen molar-refractivity contribution in [3.8, 4) is 0 Å². The average molecular weight is 284 g/mol. The maximum atomic E-state index is 11.6. The summed E-state index contributed by atoms with van der Waals surface area (Å²) < 4.78 is 24.9. The van der Waals surface area contributed by atoms with Gasteiger partial charge in [0, 0.05) is 12.5 Å². The lowest BCUT2D eigenvalue weighted by atomic mass is 10.0. The van der Waals surface area contributed by atoms with Crippen molar-refractivity contribution in [2.24, 2.45) is 22.9 Å². The van der Waals surface area contributed by atoms with E-state index in [0.29, 0.717) is 18.4 Å². The Labute approximate surface area is 113 Å². The second-order valence-corrected chi connectivity index (χ2v) is 7.77. The molecular formula is C12H20N4O2S. The first-order valence-electron chi connectivity index (χ1n) is 6.82. The quantitative estimate of drug-likeness (QED) is 0.896. The highest BCUT2D eigenvalue weighted by atomic mass is 32.2. The lowest BCUT2D eigenvalue weighted by Crippen LogP contribution is -2.21. The van der Waals surface area contributed by atoms with Crippen LogP contribution in [0, 0.1) is 17.8 Å². The topological polar surface area (TPSA) is 90.9 Å². The van der Waals surface area contributed by atoms with E-state index in [1.54, 1.807) is 4.57 Å². The van der Waals surface area contributed by atoms with E-state index in [2.05, 4.69) is 10.2 Å². The van der Waals surface area contributed by atoms with Crippen molar-refractivity contribution in [1.82, 2.24) is 14.8 Å². The zero-order chi connectivity index (χ0) is 13.8. The SMILES string of the molecule is CC(C)Cn1c(C2CC3CC3C2)nnc1S(N)(=O)=O. The van der Waals surface area contributed by atoms with E-state index in [4.69, 9.17) is 5.14 Å². The monoisotopic (exact) mass is 284 g/mol. The Kier molecular flexibility index (Phi) is 2.94. The van der Waals surface area contributed by atoms with Gasteiger partial charge in [0.15, 0.2) is 0 Å². The molecule has 1 aromatic heterocycles. The molecular weight excluding hydrogens is 264 g/mol. The molecule has 0 spiro atoms. The van der Waals surface area contributed by atoms with Crippen molar-refractivity contribution in [1.29, 1.82) is 0 Å². The van der Waals surface area contributed by atoms with Gasteiger partial charge in [-0.2, -0.15) is 0 Å². The first kappa shape index (κ1) is 13.1. The Morgan fingerprint density at radius 1 is 1.26 bits per heavy atom. The number of fused-ring (bicyclic) bond motifs is 1. The molecule has 1 aromatic rings. The zero-order valence-corrected chi connectivity index (χ0v) is 12.1. The molecule has 2 aliphatic carbocycles. The van der Waals surface area contributed by atoms with Crippen LogP contribution >= 0.6 is 0 Å². The van der Waals surface area contributed by atoms with Crippen LogP contribution in [0.5, 0.6) is 0 Å². The molecule has 6 nitrogen and oxygen atoms in total. The average Bonchev–Trinajstić information content (AvgIpc) is 2.73. The number of nitrogens with two attached hydrogens (primary N) is 1. The summed E-state index contributed by atoms with van der Waals surface area (Å²) >= 11 is 0. The number of hydrogen-bond acceptors (Lipinski definition) is 4. The van der Waals surface area contributed by atoms with Crippen molar-refractivity contribution in [2.75, 3.05) is 0 Å². The fourth-order valence-corrected chi connectivity index (χ4v) is 3.90. The summed E-state index contributed by atoms with van der Waals surface area (Å²) in [6, 6.07) is 0. The summed E-state index contributed by atoms with van der Waals surface area (Å²) in [5.41, 5.74) is 0. The van der Waals surface area contributed by atoms with Crippen LogP contribution in [0.25, 0.3) is 0 Å². The number of sulfonamides is 1. The molecule has 2 N–H and O–H groups in total. The highest BCUT2D eigenvalue weighted by Gasteiger charge is 2.47. The van der Waals surface area contributed by atoms with Crippen LogP contribution in [0.15, 0.2) is 5.16 Å². The first-order chi connectivity index (χ1) is 8.86. The second-order valence-electron chi connectivity index (χ2n) is 6.31. The fraction of sp³-hybridized carbons (Fsp3) is 0.833. The third kappa shape index (κ3) is 2.41. The highest BCUT2D eigenvalue weighted by Crippen LogP contribution is 2.57. The molecule has 0 bridgehead atoms. The third-order valence-corrected chi connectivity index (χ3v) is 4.97. The molecule has 106 valence electrons. The summed E-state index contributed by atoms with van der Waals surface area (Å²) in [6.07, 6.45) is 3.56. The Morgan fingerprint density at radius 3 is 2.42 bits per heavy atom. The predicted molar refractivity (Wildman–Crippen MR) is 69.8 cm³/mol. The van der Waals surface area contributed by atoms with Gasteiger partial charge in [-0.05, 0) is 37.0 Å². The summed E-state index contributed by atoms with van der Waals surface area (Å²) in [6.45, 7) is 4.69. The van der Waals surface area contributed by atoms with Gasteiger partial charge in [0.2, 0.25) is 0 Å². The minimum Gasteiger partial charge on any atom is -0.300 e. The molecule has 19 heavy (non-hydrogen) atoms. The summed E-state index contributed by atoms with van der Waals surface area (Å²) in [7, 11) is -3.80. The maximum Gasteiger partial charge on any atom is 0.273 e. The minimum atomic E-state index is -3.80. The normalized spacial score (nSPS) is 29.8. The van der Waals surface area contributed by atoms with Crippen molar-refractivity contribution in [3.63, 3.8) is 0 Å². The smallest absolute Gasteiger partial charge is 0.273 e. The van der Waals surface area contributed by atoms with Crippen LogP contribution in [-0.4, -0.2) is 23.2 Å². The summed E-state index contributed by atoms with van der Waals surface area (Å²) in [4.78, 5) is 0. The van der Waals surface area contributed by atoms with Gasteiger partial charge in [-0.3, -0.25) is 0 Å². The standard InChI is InChI=1S/C12H20N4O2S/c1-7(2)6-16-11(10-4-8-3-9(8)5-10)14-15-12(16)19(13,17)18/h7-10H,3-6H2,1-2H3,(H2,13,17,18). The summed E-state index contributed by atoms with van der Waals surface area (Å²) in [5, 5.41) is 13.1. The van der Waals surface area contributed by atoms with Gasteiger partial charge in [0.05, 0.1) is 0 Å². The van der Waals surface area contributed by atoms with E-state index >= 15 is 0 Å². The van der Waals surface area contributed by atoms with E-state index in [0.717, 1.165) is 30.5 Å². The van der Waals surface area contributed by atoms with E-state index in [9.17, 15) is 8.42 Å². The van der Waals surface area contributed by atoms with Crippen LogP contribution < -0.4 is 5.14 Å². The molecule has 2 saturated carbocycles. The molecule has 0 amide bonds.